The summed E-state index contributed by atoms with van der Waals surface area (Å²) in [4.78, 5) is 6.10. The van der Waals surface area contributed by atoms with E-state index in [-0.39, 0.29) is 0 Å². The van der Waals surface area contributed by atoms with Crippen LogP contribution in [-0.4, -0.2) is 12.8 Å². The average Bonchev–Trinajstić information content (AvgIpc) is 3.00. The van der Waals surface area contributed by atoms with Crippen molar-refractivity contribution in [1.82, 2.24) is 4.98 Å². The molecule has 2 radical (unpaired) electrons. The van der Waals surface area contributed by atoms with Crippen LogP contribution in [0.2, 0.25) is 0 Å². The van der Waals surface area contributed by atoms with Gasteiger partial charge in [0, 0.05) is 26.4 Å². The third kappa shape index (κ3) is 1.98. The minimum Gasteiger partial charge on any atom is -0.236 e. The first kappa shape index (κ1) is 13.8. The Balaban J connectivity index is 1.97. The predicted octanol–water partition coefficient (Wildman–Crippen LogP) is 5.06. The van der Waals surface area contributed by atoms with Gasteiger partial charge in [0.25, 0.3) is 0 Å². The van der Waals surface area contributed by atoms with Crippen molar-refractivity contribution in [2.45, 2.75) is 0 Å². The lowest BCUT2D eigenvalue weighted by atomic mass is 9.93. The third-order valence-electron chi connectivity index (χ3n) is 4.43. The Morgan fingerprint density at radius 3 is 2.17 bits per heavy atom. The molecule has 0 unspecified atom stereocenters. The summed E-state index contributed by atoms with van der Waals surface area (Å²) < 4.78 is 1.28. The fraction of sp³-hybridized carbons (Fsp3) is 0. The molecular weight excluding hydrogens is 309 g/mol. The maximum absolute atomic E-state index is 5.84. The number of hydrogen-bond acceptors (Lipinski definition) is 2. The van der Waals surface area contributed by atoms with Gasteiger partial charge in [0.2, 0.25) is 0 Å². The molecule has 24 heavy (non-hydrogen) atoms. The second-order valence-corrected chi connectivity index (χ2v) is 6.94. The highest BCUT2D eigenvalue weighted by atomic mass is 32.1. The second-order valence-electron chi connectivity index (χ2n) is 5.91. The quantitative estimate of drug-likeness (QED) is 0.393. The molecule has 2 heterocycles. The zero-order chi connectivity index (χ0) is 16.1. The summed E-state index contributed by atoms with van der Waals surface area (Å²) in [6.07, 6.45) is 0. The van der Waals surface area contributed by atoms with Crippen molar-refractivity contribution >= 4 is 55.7 Å². The van der Waals surface area contributed by atoms with Gasteiger partial charge in [0.05, 0.1) is 5.69 Å². The fourth-order valence-electron chi connectivity index (χ4n) is 3.30. The minimum atomic E-state index is 0.769. The summed E-state index contributed by atoms with van der Waals surface area (Å²) in [7, 11) is 5.84. The lowest BCUT2D eigenvalue weighted by Crippen LogP contribution is -1.99. The molecule has 0 saturated heterocycles. The maximum atomic E-state index is 5.84. The molecule has 0 bridgehead atoms. The van der Waals surface area contributed by atoms with Gasteiger partial charge in [0.15, 0.2) is 0 Å². The Morgan fingerprint density at radius 2 is 1.38 bits per heavy atom. The van der Waals surface area contributed by atoms with Crippen molar-refractivity contribution in [3.8, 4) is 11.3 Å². The van der Waals surface area contributed by atoms with Crippen molar-refractivity contribution in [2.75, 3.05) is 0 Å². The Kier molecular flexibility index (Phi) is 2.97. The van der Waals surface area contributed by atoms with Crippen LogP contribution >= 0.6 is 11.3 Å². The van der Waals surface area contributed by atoms with Crippen LogP contribution in [0.1, 0.15) is 0 Å². The van der Waals surface area contributed by atoms with Crippen molar-refractivity contribution < 1.29 is 0 Å². The summed E-state index contributed by atoms with van der Waals surface area (Å²) in [5.74, 6) is 0. The van der Waals surface area contributed by atoms with E-state index in [2.05, 4.69) is 48.5 Å². The van der Waals surface area contributed by atoms with Gasteiger partial charge in [-0.05, 0) is 11.5 Å². The molecule has 0 fully saturated rings. The van der Waals surface area contributed by atoms with Crippen LogP contribution < -0.4 is 5.46 Å². The van der Waals surface area contributed by atoms with Crippen LogP contribution in [0.3, 0.4) is 0 Å². The van der Waals surface area contributed by atoms with E-state index in [1.807, 2.05) is 24.3 Å². The van der Waals surface area contributed by atoms with E-state index in [0.717, 1.165) is 21.6 Å². The Bertz CT molecular complexity index is 1210. The van der Waals surface area contributed by atoms with Crippen LogP contribution in [0.5, 0.6) is 0 Å². The Hall–Kier alpha value is -2.65. The number of pyridine rings is 1. The lowest BCUT2D eigenvalue weighted by molar-refractivity contribution is 1.46. The first-order valence-electron chi connectivity index (χ1n) is 7.87. The van der Waals surface area contributed by atoms with E-state index in [4.69, 9.17) is 12.8 Å². The molecular formula is C21H12BNS. The van der Waals surface area contributed by atoms with Crippen molar-refractivity contribution in [1.29, 1.82) is 0 Å². The molecule has 0 aliphatic heterocycles. The van der Waals surface area contributed by atoms with E-state index in [1.165, 1.54) is 26.2 Å². The van der Waals surface area contributed by atoms with Crippen molar-refractivity contribution in [3.63, 3.8) is 0 Å². The topological polar surface area (TPSA) is 12.9 Å². The number of fused-ring (bicyclic) bond motifs is 5. The molecule has 0 spiro atoms. The first-order valence-corrected chi connectivity index (χ1v) is 8.69. The highest BCUT2D eigenvalue weighted by Gasteiger charge is 2.14. The number of benzene rings is 3. The van der Waals surface area contributed by atoms with Crippen LogP contribution in [0, 0.1) is 0 Å². The number of hydrogen-bond donors (Lipinski definition) is 0. The summed E-state index contributed by atoms with van der Waals surface area (Å²) in [6.45, 7) is 0. The lowest BCUT2D eigenvalue weighted by Gasteiger charge is -2.08. The highest BCUT2D eigenvalue weighted by molar-refractivity contribution is 7.25. The maximum Gasteiger partial charge on any atom is 0.125 e. The molecule has 5 rings (SSSR count). The zero-order valence-electron chi connectivity index (χ0n) is 12.9. The molecule has 0 atom stereocenters. The molecule has 3 aromatic carbocycles. The van der Waals surface area contributed by atoms with Gasteiger partial charge in [-0.3, -0.25) is 0 Å². The van der Waals surface area contributed by atoms with Gasteiger partial charge in [-0.25, -0.2) is 4.98 Å². The number of aromatic nitrogens is 1. The van der Waals surface area contributed by atoms with Crippen molar-refractivity contribution in [3.05, 3.63) is 72.8 Å². The van der Waals surface area contributed by atoms with Crippen molar-refractivity contribution in [2.24, 2.45) is 0 Å². The van der Waals surface area contributed by atoms with Crippen LogP contribution in [0.4, 0.5) is 0 Å². The van der Waals surface area contributed by atoms with E-state index >= 15 is 0 Å². The number of nitrogens with zero attached hydrogens (tertiary/aromatic N) is 1. The fourth-order valence-corrected chi connectivity index (χ4v) is 4.40. The zero-order valence-corrected chi connectivity index (χ0v) is 13.7. The third-order valence-corrected chi connectivity index (χ3v) is 5.49. The standard InChI is InChI=1S/C21H12BNS/c22-14-11-9-13(10-12-14)20-16-6-2-1-5-15(16)19-17-7-3-4-8-18(17)24-21(19)23-20/h1-12H. The molecule has 0 N–H and O–H groups in total. The van der Waals surface area contributed by atoms with Gasteiger partial charge >= 0.3 is 0 Å². The van der Waals surface area contributed by atoms with Crippen LogP contribution in [-0.2, 0) is 0 Å². The Morgan fingerprint density at radius 1 is 0.708 bits per heavy atom. The summed E-state index contributed by atoms with van der Waals surface area (Å²) in [5.41, 5.74) is 2.88. The van der Waals surface area contributed by atoms with E-state index in [1.54, 1.807) is 11.3 Å². The SMILES string of the molecule is [B]c1ccc(-c2nc3sc4ccccc4c3c3ccccc23)cc1. The summed E-state index contributed by atoms with van der Waals surface area (Å²) >= 11 is 1.75. The molecule has 1 nitrogen and oxygen atoms in total. The van der Waals surface area contributed by atoms with E-state index < -0.39 is 0 Å². The molecule has 0 saturated carbocycles. The largest absolute Gasteiger partial charge is 0.236 e. The number of thiophene rings is 1. The smallest absolute Gasteiger partial charge is 0.125 e. The molecule has 2 aromatic heterocycles. The normalized spacial score (nSPS) is 11.5. The first-order chi connectivity index (χ1) is 11.8. The van der Waals surface area contributed by atoms with Gasteiger partial charge < -0.3 is 0 Å². The second kappa shape index (κ2) is 5.18. The van der Waals surface area contributed by atoms with E-state index in [9.17, 15) is 0 Å². The van der Waals surface area contributed by atoms with E-state index in [0.29, 0.717) is 0 Å². The molecule has 3 heteroatoms. The monoisotopic (exact) mass is 321 g/mol. The highest BCUT2D eigenvalue weighted by Crippen LogP contribution is 2.40. The molecule has 0 aliphatic rings. The average molecular weight is 321 g/mol. The van der Waals surface area contributed by atoms with Gasteiger partial charge in [-0.15, -0.1) is 11.3 Å². The molecule has 110 valence electrons. The molecule has 0 amide bonds. The summed E-state index contributed by atoms with van der Waals surface area (Å²) in [6, 6.07) is 25.0. The molecule has 0 aliphatic carbocycles. The number of rotatable bonds is 1. The summed E-state index contributed by atoms with van der Waals surface area (Å²) in [5, 5.41) is 4.97. The minimum absolute atomic E-state index is 0.769. The van der Waals surface area contributed by atoms with Gasteiger partial charge in [-0.1, -0.05) is 72.2 Å². The Labute approximate surface area is 145 Å². The van der Waals surface area contributed by atoms with Crippen LogP contribution in [0.15, 0.2) is 72.8 Å². The predicted molar refractivity (Wildman–Crippen MR) is 105 cm³/mol. The van der Waals surface area contributed by atoms with Gasteiger partial charge in [-0.2, -0.15) is 0 Å². The molecule has 5 aromatic rings. The van der Waals surface area contributed by atoms with Crippen LogP contribution in [0.25, 0.3) is 42.3 Å². The van der Waals surface area contributed by atoms with Gasteiger partial charge in [0.1, 0.15) is 12.7 Å².